The number of rotatable bonds is 7. The van der Waals surface area contributed by atoms with Crippen LogP contribution in [0.2, 0.25) is 0 Å². The Morgan fingerprint density at radius 2 is 1.94 bits per heavy atom. The number of aliphatic hydroxyl groups excluding tert-OH is 1. The standard InChI is InChI=1S/C14H30N2O/c1-4-8-15-13(12-17)5-9-16-10-6-14(2,3)7-11-16/h13,15,17H,4-12H2,1-3H3. The zero-order chi connectivity index (χ0) is 12.7. The zero-order valence-corrected chi connectivity index (χ0v) is 11.8. The number of hydrogen-bond donors (Lipinski definition) is 2. The van der Waals surface area contributed by atoms with E-state index in [1.54, 1.807) is 0 Å². The maximum absolute atomic E-state index is 9.28. The lowest BCUT2D eigenvalue weighted by Crippen LogP contribution is -2.41. The molecule has 2 N–H and O–H groups in total. The molecule has 1 heterocycles. The van der Waals surface area contributed by atoms with Crippen LogP contribution in [0.5, 0.6) is 0 Å². The van der Waals surface area contributed by atoms with Crippen molar-refractivity contribution in [1.29, 1.82) is 0 Å². The van der Waals surface area contributed by atoms with Crippen LogP contribution in [-0.2, 0) is 0 Å². The van der Waals surface area contributed by atoms with Gasteiger partial charge in [0.1, 0.15) is 0 Å². The predicted octanol–water partition coefficient (Wildman–Crippen LogP) is 1.86. The van der Waals surface area contributed by atoms with E-state index in [1.165, 1.54) is 25.9 Å². The molecule has 0 radical (unpaired) electrons. The Morgan fingerprint density at radius 1 is 1.29 bits per heavy atom. The van der Waals surface area contributed by atoms with Gasteiger partial charge in [-0.25, -0.2) is 0 Å². The van der Waals surface area contributed by atoms with Crippen LogP contribution in [0.3, 0.4) is 0 Å². The van der Waals surface area contributed by atoms with Gasteiger partial charge in [0.15, 0.2) is 0 Å². The first-order chi connectivity index (χ1) is 8.07. The Balaban J connectivity index is 2.17. The van der Waals surface area contributed by atoms with Crippen molar-refractivity contribution in [1.82, 2.24) is 10.2 Å². The normalized spacial score (nSPS) is 22.6. The summed E-state index contributed by atoms with van der Waals surface area (Å²) in [7, 11) is 0. The summed E-state index contributed by atoms with van der Waals surface area (Å²) in [5.74, 6) is 0. The first-order valence-electron chi connectivity index (χ1n) is 7.14. The van der Waals surface area contributed by atoms with Crippen LogP contribution in [0.15, 0.2) is 0 Å². The monoisotopic (exact) mass is 242 g/mol. The molecule has 3 heteroatoms. The molecule has 0 bridgehead atoms. The van der Waals surface area contributed by atoms with E-state index in [4.69, 9.17) is 0 Å². The third-order valence-corrected chi connectivity index (χ3v) is 3.91. The molecule has 0 amide bonds. The maximum Gasteiger partial charge on any atom is 0.0585 e. The van der Waals surface area contributed by atoms with Gasteiger partial charge < -0.3 is 15.3 Å². The lowest BCUT2D eigenvalue weighted by molar-refractivity contribution is 0.123. The molecule has 17 heavy (non-hydrogen) atoms. The average Bonchev–Trinajstić information content (AvgIpc) is 2.31. The van der Waals surface area contributed by atoms with Crippen LogP contribution in [0, 0.1) is 5.41 Å². The number of likely N-dealkylation sites (tertiary alicyclic amines) is 1. The van der Waals surface area contributed by atoms with Crippen molar-refractivity contribution >= 4 is 0 Å². The van der Waals surface area contributed by atoms with E-state index in [0.717, 1.165) is 25.9 Å². The molecule has 102 valence electrons. The second-order valence-electron chi connectivity index (χ2n) is 6.13. The van der Waals surface area contributed by atoms with Gasteiger partial charge in [0.2, 0.25) is 0 Å². The van der Waals surface area contributed by atoms with Crippen molar-refractivity contribution in [2.75, 3.05) is 32.8 Å². The van der Waals surface area contributed by atoms with Crippen molar-refractivity contribution in [2.45, 2.75) is 52.5 Å². The highest BCUT2D eigenvalue weighted by atomic mass is 16.3. The lowest BCUT2D eigenvalue weighted by Gasteiger charge is -2.37. The Labute approximate surface area is 107 Å². The summed E-state index contributed by atoms with van der Waals surface area (Å²) < 4.78 is 0. The first kappa shape index (κ1) is 14.9. The lowest BCUT2D eigenvalue weighted by atomic mass is 9.82. The summed E-state index contributed by atoms with van der Waals surface area (Å²) in [5.41, 5.74) is 0.535. The van der Waals surface area contributed by atoms with Gasteiger partial charge in [-0.15, -0.1) is 0 Å². The fourth-order valence-electron chi connectivity index (χ4n) is 2.33. The van der Waals surface area contributed by atoms with Gasteiger partial charge in [-0.3, -0.25) is 0 Å². The van der Waals surface area contributed by atoms with Crippen LogP contribution in [0.25, 0.3) is 0 Å². The minimum absolute atomic E-state index is 0.263. The van der Waals surface area contributed by atoms with E-state index in [-0.39, 0.29) is 12.6 Å². The fraction of sp³-hybridized carbons (Fsp3) is 1.00. The summed E-state index contributed by atoms with van der Waals surface area (Å²) >= 11 is 0. The summed E-state index contributed by atoms with van der Waals surface area (Å²) in [6, 6.07) is 0.282. The van der Waals surface area contributed by atoms with Crippen LogP contribution in [0.4, 0.5) is 0 Å². The van der Waals surface area contributed by atoms with Crippen LogP contribution < -0.4 is 5.32 Å². The number of nitrogens with zero attached hydrogens (tertiary/aromatic N) is 1. The third-order valence-electron chi connectivity index (χ3n) is 3.91. The Hall–Kier alpha value is -0.120. The molecular weight excluding hydrogens is 212 g/mol. The quantitative estimate of drug-likeness (QED) is 0.715. The highest BCUT2D eigenvalue weighted by molar-refractivity contribution is 4.79. The molecule has 1 aliphatic rings. The van der Waals surface area contributed by atoms with Crippen molar-refractivity contribution in [2.24, 2.45) is 5.41 Å². The molecule has 0 aliphatic carbocycles. The van der Waals surface area contributed by atoms with Crippen molar-refractivity contribution in [3.8, 4) is 0 Å². The Bertz CT molecular complexity index is 196. The van der Waals surface area contributed by atoms with Gasteiger partial charge in [-0.1, -0.05) is 20.8 Å². The fourth-order valence-corrected chi connectivity index (χ4v) is 2.33. The van der Waals surface area contributed by atoms with Crippen LogP contribution >= 0.6 is 0 Å². The highest BCUT2D eigenvalue weighted by Gasteiger charge is 2.25. The number of aliphatic hydroxyl groups is 1. The van der Waals surface area contributed by atoms with Crippen LogP contribution in [-0.4, -0.2) is 48.8 Å². The summed E-state index contributed by atoms with van der Waals surface area (Å²) in [5, 5.41) is 12.7. The molecule has 3 nitrogen and oxygen atoms in total. The second kappa shape index (κ2) is 7.34. The van der Waals surface area contributed by atoms with E-state index >= 15 is 0 Å². The topological polar surface area (TPSA) is 35.5 Å². The van der Waals surface area contributed by atoms with E-state index in [2.05, 4.69) is 31.0 Å². The Morgan fingerprint density at radius 3 is 2.47 bits per heavy atom. The minimum Gasteiger partial charge on any atom is -0.395 e. The SMILES string of the molecule is CCCNC(CO)CCN1CCC(C)(C)CC1. The van der Waals surface area contributed by atoms with Gasteiger partial charge >= 0.3 is 0 Å². The first-order valence-corrected chi connectivity index (χ1v) is 7.14. The van der Waals surface area contributed by atoms with E-state index in [0.29, 0.717) is 5.41 Å². The van der Waals surface area contributed by atoms with E-state index < -0.39 is 0 Å². The maximum atomic E-state index is 9.28. The summed E-state index contributed by atoms with van der Waals surface area (Å²) in [6.45, 7) is 11.7. The van der Waals surface area contributed by atoms with Gasteiger partial charge in [0.05, 0.1) is 6.61 Å². The van der Waals surface area contributed by atoms with Crippen LogP contribution in [0.1, 0.15) is 46.5 Å². The molecular formula is C14H30N2O. The molecule has 1 fully saturated rings. The number of hydrogen-bond acceptors (Lipinski definition) is 3. The van der Waals surface area contributed by atoms with E-state index in [1.807, 2.05) is 0 Å². The molecule has 0 aromatic heterocycles. The van der Waals surface area contributed by atoms with Crippen molar-refractivity contribution < 1.29 is 5.11 Å². The van der Waals surface area contributed by atoms with Gasteiger partial charge in [-0.2, -0.15) is 0 Å². The minimum atomic E-state index is 0.263. The summed E-state index contributed by atoms with van der Waals surface area (Å²) in [6.07, 6.45) is 4.81. The number of nitrogens with one attached hydrogen (secondary N) is 1. The third kappa shape index (κ3) is 5.84. The average molecular weight is 242 g/mol. The molecule has 0 aromatic rings. The van der Waals surface area contributed by atoms with E-state index in [9.17, 15) is 5.11 Å². The van der Waals surface area contributed by atoms with Crippen molar-refractivity contribution in [3.05, 3.63) is 0 Å². The second-order valence-corrected chi connectivity index (χ2v) is 6.13. The molecule has 1 saturated heterocycles. The summed E-state index contributed by atoms with van der Waals surface area (Å²) in [4.78, 5) is 2.54. The molecule has 0 saturated carbocycles. The van der Waals surface area contributed by atoms with Crippen molar-refractivity contribution in [3.63, 3.8) is 0 Å². The van der Waals surface area contributed by atoms with Gasteiger partial charge in [-0.05, 0) is 57.3 Å². The molecule has 1 unspecified atom stereocenters. The molecule has 0 aromatic carbocycles. The zero-order valence-electron chi connectivity index (χ0n) is 11.8. The molecule has 1 aliphatic heterocycles. The largest absolute Gasteiger partial charge is 0.395 e. The highest BCUT2D eigenvalue weighted by Crippen LogP contribution is 2.29. The molecule has 0 spiro atoms. The van der Waals surface area contributed by atoms with Gasteiger partial charge in [0, 0.05) is 6.04 Å². The predicted molar refractivity (Wildman–Crippen MR) is 73.2 cm³/mol. The van der Waals surface area contributed by atoms with Gasteiger partial charge in [0.25, 0.3) is 0 Å². The Kier molecular flexibility index (Phi) is 6.45. The molecule has 1 atom stereocenters. The smallest absolute Gasteiger partial charge is 0.0585 e. The molecule has 1 rings (SSSR count). The number of piperidine rings is 1.